The van der Waals surface area contributed by atoms with Gasteiger partial charge in [-0.1, -0.05) is 30.9 Å². The van der Waals surface area contributed by atoms with E-state index in [4.69, 9.17) is 11.6 Å². The molecule has 2 heterocycles. The Morgan fingerprint density at radius 2 is 1.85 bits per heavy atom. The van der Waals surface area contributed by atoms with Crippen LogP contribution < -0.4 is 5.32 Å². The number of aromatic nitrogens is 1. The number of amides is 1. The molecule has 0 unspecified atom stereocenters. The summed E-state index contributed by atoms with van der Waals surface area (Å²) in [7, 11) is -3.81. The Bertz CT molecular complexity index is 718. The maximum absolute atomic E-state index is 13.3. The van der Waals surface area contributed by atoms with E-state index in [1.165, 1.54) is 29.1 Å². The summed E-state index contributed by atoms with van der Waals surface area (Å²) >= 11 is 5.81. The molecule has 2 fully saturated rings. The number of nitrogens with zero attached hydrogens (tertiary/aromatic N) is 2. The lowest BCUT2D eigenvalue weighted by atomic mass is 9.89. The fourth-order valence-corrected chi connectivity index (χ4v) is 5.62. The maximum Gasteiger partial charge on any atom is 0.245 e. The number of rotatable bonds is 5. The first-order valence-electron chi connectivity index (χ1n) is 9.39. The molecule has 1 saturated carbocycles. The molecule has 1 aromatic heterocycles. The number of hydrogen-bond acceptors (Lipinski definition) is 4. The number of carbonyl (C=O) groups excluding carboxylic acids is 1. The number of sulfonamides is 1. The molecule has 1 aliphatic carbocycles. The van der Waals surface area contributed by atoms with Crippen molar-refractivity contribution in [2.75, 3.05) is 13.1 Å². The van der Waals surface area contributed by atoms with Gasteiger partial charge in [-0.3, -0.25) is 4.79 Å². The van der Waals surface area contributed by atoms with E-state index in [-0.39, 0.29) is 16.0 Å². The van der Waals surface area contributed by atoms with Crippen LogP contribution in [0.1, 0.15) is 51.4 Å². The third-order valence-electron chi connectivity index (χ3n) is 5.32. The fourth-order valence-electron chi connectivity index (χ4n) is 3.87. The van der Waals surface area contributed by atoms with Crippen LogP contribution in [0.15, 0.2) is 23.2 Å². The summed E-state index contributed by atoms with van der Waals surface area (Å²) in [4.78, 5) is 16.6. The number of pyridine rings is 1. The lowest BCUT2D eigenvalue weighted by Gasteiger charge is -2.33. The number of nitrogens with one attached hydrogen (secondary N) is 1. The summed E-state index contributed by atoms with van der Waals surface area (Å²) in [5, 5.41) is 3.11. The van der Waals surface area contributed by atoms with E-state index in [9.17, 15) is 13.2 Å². The summed E-state index contributed by atoms with van der Waals surface area (Å²) in [6.07, 6.45) is 9.02. The summed E-state index contributed by atoms with van der Waals surface area (Å²) in [6, 6.07) is 2.29. The van der Waals surface area contributed by atoms with Crippen molar-refractivity contribution in [1.82, 2.24) is 14.6 Å². The van der Waals surface area contributed by atoms with Crippen LogP contribution in [-0.2, 0) is 14.8 Å². The molecule has 1 amide bonds. The van der Waals surface area contributed by atoms with Crippen LogP contribution in [0, 0.1) is 5.92 Å². The minimum atomic E-state index is -3.81. The Hall–Kier alpha value is -1.18. The van der Waals surface area contributed by atoms with Gasteiger partial charge in [-0.15, -0.1) is 0 Å². The van der Waals surface area contributed by atoms with Gasteiger partial charge in [0.15, 0.2) is 0 Å². The monoisotopic (exact) mass is 399 g/mol. The van der Waals surface area contributed by atoms with Gasteiger partial charge in [0.25, 0.3) is 0 Å². The largest absolute Gasteiger partial charge is 0.355 e. The predicted molar refractivity (Wildman–Crippen MR) is 100 cm³/mol. The minimum Gasteiger partial charge on any atom is -0.355 e. The van der Waals surface area contributed by atoms with Gasteiger partial charge in [0.2, 0.25) is 15.9 Å². The molecule has 2 aliphatic rings. The average molecular weight is 400 g/mol. The molecule has 144 valence electrons. The van der Waals surface area contributed by atoms with Crippen molar-refractivity contribution >= 4 is 27.5 Å². The highest BCUT2D eigenvalue weighted by atomic mass is 35.5. The first kappa shape index (κ1) is 19.6. The topological polar surface area (TPSA) is 79.4 Å². The molecule has 1 atom stereocenters. The Labute approximate surface area is 160 Å². The molecule has 26 heavy (non-hydrogen) atoms. The van der Waals surface area contributed by atoms with Crippen molar-refractivity contribution in [1.29, 1.82) is 0 Å². The second-order valence-electron chi connectivity index (χ2n) is 7.20. The third kappa shape index (κ3) is 4.56. The molecule has 1 aromatic rings. The second-order valence-corrected chi connectivity index (χ2v) is 9.48. The van der Waals surface area contributed by atoms with Gasteiger partial charge in [0.1, 0.15) is 16.1 Å². The van der Waals surface area contributed by atoms with E-state index in [0.29, 0.717) is 25.4 Å². The van der Waals surface area contributed by atoms with Crippen LogP contribution in [0.5, 0.6) is 0 Å². The van der Waals surface area contributed by atoms with E-state index < -0.39 is 16.1 Å². The summed E-state index contributed by atoms with van der Waals surface area (Å²) < 4.78 is 28.1. The molecule has 0 radical (unpaired) electrons. The molecular formula is C18H26ClN3O3S. The Morgan fingerprint density at radius 1 is 1.12 bits per heavy atom. The van der Waals surface area contributed by atoms with Gasteiger partial charge >= 0.3 is 0 Å². The summed E-state index contributed by atoms with van der Waals surface area (Å²) in [5.41, 5.74) is 0. The highest BCUT2D eigenvalue weighted by Gasteiger charge is 2.38. The average Bonchev–Trinajstić information content (AvgIpc) is 2.85. The Kier molecular flexibility index (Phi) is 6.53. The maximum atomic E-state index is 13.3. The number of halogens is 1. The van der Waals surface area contributed by atoms with E-state index in [0.717, 1.165) is 38.5 Å². The van der Waals surface area contributed by atoms with Crippen molar-refractivity contribution in [2.24, 2.45) is 5.92 Å². The molecule has 1 N–H and O–H groups in total. The first-order chi connectivity index (χ1) is 12.5. The molecule has 0 bridgehead atoms. The molecule has 0 spiro atoms. The van der Waals surface area contributed by atoms with Gasteiger partial charge in [-0.2, -0.15) is 4.31 Å². The van der Waals surface area contributed by atoms with Crippen molar-refractivity contribution in [3.63, 3.8) is 0 Å². The van der Waals surface area contributed by atoms with E-state index in [2.05, 4.69) is 10.3 Å². The van der Waals surface area contributed by atoms with Crippen molar-refractivity contribution in [3.8, 4) is 0 Å². The first-order valence-corrected chi connectivity index (χ1v) is 11.2. The van der Waals surface area contributed by atoms with Crippen LogP contribution in [0.2, 0.25) is 5.15 Å². The molecule has 1 saturated heterocycles. The summed E-state index contributed by atoms with van der Waals surface area (Å²) in [6.45, 7) is 0.998. The zero-order valence-electron chi connectivity index (χ0n) is 14.9. The normalized spacial score (nSPS) is 22.8. The van der Waals surface area contributed by atoms with Crippen LogP contribution in [0.25, 0.3) is 0 Å². The molecule has 6 nitrogen and oxygen atoms in total. The van der Waals surface area contributed by atoms with Crippen molar-refractivity contribution < 1.29 is 13.2 Å². The lowest BCUT2D eigenvalue weighted by molar-refractivity contribution is -0.124. The standard InChI is InChI=1S/C18H26ClN3O3S/c19-17-10-9-15(12-21-17)26(24,25)22(13-14-6-2-1-3-7-14)16-8-4-5-11-20-18(16)23/h9-10,12,14,16H,1-8,11,13H2,(H,20,23)/t16-/m1/s1. The Morgan fingerprint density at radius 3 is 2.54 bits per heavy atom. The van der Waals surface area contributed by atoms with Crippen LogP contribution in [-0.4, -0.2) is 42.7 Å². The van der Waals surface area contributed by atoms with Gasteiger partial charge < -0.3 is 5.32 Å². The lowest BCUT2D eigenvalue weighted by Crippen LogP contribution is -2.50. The predicted octanol–water partition coefficient (Wildman–Crippen LogP) is 2.97. The van der Waals surface area contributed by atoms with Crippen LogP contribution in [0.4, 0.5) is 0 Å². The second kappa shape index (κ2) is 8.67. The van der Waals surface area contributed by atoms with Gasteiger partial charge in [-0.05, 0) is 50.2 Å². The molecule has 8 heteroatoms. The number of hydrogen-bond donors (Lipinski definition) is 1. The molecular weight excluding hydrogens is 374 g/mol. The molecule has 3 rings (SSSR count). The van der Waals surface area contributed by atoms with E-state index in [1.807, 2.05) is 0 Å². The van der Waals surface area contributed by atoms with Gasteiger partial charge in [0, 0.05) is 19.3 Å². The Balaban J connectivity index is 1.92. The SMILES string of the molecule is O=C1NCCCC[C@H]1N(CC1CCCCC1)S(=O)(=O)c1ccc(Cl)nc1. The van der Waals surface area contributed by atoms with Gasteiger partial charge in [-0.25, -0.2) is 13.4 Å². The third-order valence-corrected chi connectivity index (χ3v) is 7.41. The molecule has 0 aromatic carbocycles. The number of carbonyl (C=O) groups is 1. The van der Waals surface area contributed by atoms with Crippen molar-refractivity contribution in [3.05, 3.63) is 23.5 Å². The highest BCUT2D eigenvalue weighted by Crippen LogP contribution is 2.29. The van der Waals surface area contributed by atoms with Gasteiger partial charge in [0.05, 0.1) is 0 Å². The van der Waals surface area contributed by atoms with E-state index >= 15 is 0 Å². The van der Waals surface area contributed by atoms with Crippen LogP contribution in [0.3, 0.4) is 0 Å². The smallest absolute Gasteiger partial charge is 0.245 e. The zero-order valence-corrected chi connectivity index (χ0v) is 16.4. The van der Waals surface area contributed by atoms with E-state index in [1.54, 1.807) is 0 Å². The van der Waals surface area contributed by atoms with Crippen molar-refractivity contribution in [2.45, 2.75) is 62.3 Å². The van der Waals surface area contributed by atoms with Crippen LogP contribution >= 0.6 is 11.6 Å². The summed E-state index contributed by atoms with van der Waals surface area (Å²) in [5.74, 6) is 0.110. The quantitative estimate of drug-likeness (QED) is 0.772. The molecule has 1 aliphatic heterocycles. The zero-order chi connectivity index (χ0) is 18.6. The highest BCUT2D eigenvalue weighted by molar-refractivity contribution is 7.89. The minimum absolute atomic E-state index is 0.0924. The fraction of sp³-hybridized carbons (Fsp3) is 0.667.